The van der Waals surface area contributed by atoms with Gasteiger partial charge < -0.3 is 5.53 Å². The number of benzene rings is 1. The van der Waals surface area contributed by atoms with Crippen molar-refractivity contribution in [1.82, 2.24) is 0 Å². The summed E-state index contributed by atoms with van der Waals surface area (Å²) in [7, 11) is 0. The fourth-order valence-corrected chi connectivity index (χ4v) is 0.733. The first kappa shape index (κ1) is 7.38. The van der Waals surface area contributed by atoms with E-state index in [0.29, 0.717) is 5.56 Å². The normalized spacial score (nSPS) is 8.36. The van der Waals surface area contributed by atoms with Crippen LogP contribution in [0.2, 0.25) is 0 Å². The molecule has 0 heterocycles. The van der Waals surface area contributed by atoms with Gasteiger partial charge >= 0.3 is 12.0 Å². The van der Waals surface area contributed by atoms with Gasteiger partial charge in [-0.1, -0.05) is 18.2 Å². The maximum absolute atomic E-state index is 10.1. The molecule has 3 nitrogen and oxygen atoms in total. The van der Waals surface area contributed by atoms with Gasteiger partial charge in [0.1, 0.15) is 0 Å². The summed E-state index contributed by atoms with van der Waals surface area (Å²) in [5.74, 6) is 0. The van der Waals surface area contributed by atoms with Crippen LogP contribution in [0.5, 0.6) is 0 Å². The van der Waals surface area contributed by atoms with Crippen LogP contribution in [0.25, 0.3) is 5.53 Å². The van der Waals surface area contributed by atoms with E-state index < -0.39 is 0 Å². The van der Waals surface area contributed by atoms with Crippen molar-refractivity contribution < 1.29 is 9.58 Å². The van der Waals surface area contributed by atoms with Gasteiger partial charge in [0.05, 0.1) is 5.56 Å². The lowest BCUT2D eigenvalue weighted by Crippen LogP contribution is -2.02. The second-order valence-corrected chi connectivity index (χ2v) is 1.92. The van der Waals surface area contributed by atoms with Crippen LogP contribution in [0, 0.1) is 0 Å². The minimum Gasteiger partial charge on any atom is -0.361 e. The molecule has 0 saturated heterocycles. The molecule has 0 unspecified atom stereocenters. The van der Waals surface area contributed by atoms with Crippen molar-refractivity contribution in [2.24, 2.45) is 0 Å². The Morgan fingerprint density at radius 2 is 2.00 bits per heavy atom. The molecule has 0 amide bonds. The molecule has 0 aliphatic carbocycles. The maximum Gasteiger partial charge on any atom is 0.373 e. The van der Waals surface area contributed by atoms with Crippen molar-refractivity contribution in [3.05, 3.63) is 41.4 Å². The topological polar surface area (TPSA) is 53.5 Å². The molecule has 0 aliphatic heterocycles. The average Bonchev–Trinajstić information content (AvgIpc) is 2.09. The Hall–Kier alpha value is -1.73. The zero-order valence-electron chi connectivity index (χ0n) is 5.69. The van der Waals surface area contributed by atoms with Crippen LogP contribution in [-0.2, 0) is 4.79 Å². The van der Waals surface area contributed by atoms with Crippen LogP contribution < -0.4 is 0 Å². The maximum atomic E-state index is 10.1. The highest BCUT2D eigenvalue weighted by atomic mass is 16.1. The molecule has 0 aromatic heterocycles. The first-order valence-corrected chi connectivity index (χ1v) is 3.04. The third kappa shape index (κ3) is 1.60. The van der Waals surface area contributed by atoms with E-state index in [1.165, 1.54) is 6.29 Å². The molecular weight excluding hydrogens is 140 g/mol. The fraction of sp³-hybridized carbons (Fsp3) is 0. The summed E-state index contributed by atoms with van der Waals surface area (Å²) in [5, 5.41) is 0. The van der Waals surface area contributed by atoms with Crippen LogP contribution >= 0.6 is 0 Å². The molecule has 0 aliphatic rings. The average molecular weight is 145 g/mol. The smallest absolute Gasteiger partial charge is 0.361 e. The molecule has 0 atom stereocenters. The zero-order chi connectivity index (χ0) is 8.10. The first-order chi connectivity index (χ1) is 5.38. The quantitative estimate of drug-likeness (QED) is 0.345. The summed E-state index contributed by atoms with van der Waals surface area (Å²) >= 11 is 0. The Balaban J connectivity index is 3.11. The molecule has 0 N–H and O–H groups in total. The molecule has 1 aromatic carbocycles. The van der Waals surface area contributed by atoms with E-state index in [0.717, 1.165) is 0 Å². The van der Waals surface area contributed by atoms with Crippen molar-refractivity contribution in [2.45, 2.75) is 0 Å². The monoisotopic (exact) mass is 145 g/mol. The van der Waals surface area contributed by atoms with Crippen LogP contribution in [0.3, 0.4) is 0 Å². The molecule has 3 heteroatoms. The van der Waals surface area contributed by atoms with Gasteiger partial charge in [0.15, 0.2) is 0 Å². The zero-order valence-corrected chi connectivity index (χ0v) is 5.69. The number of carbonyl (C=O) groups excluding carboxylic acids is 1. The van der Waals surface area contributed by atoms with Gasteiger partial charge in [-0.15, -0.1) is 0 Å². The van der Waals surface area contributed by atoms with E-state index in [2.05, 4.69) is 4.79 Å². The van der Waals surface area contributed by atoms with E-state index in [-0.39, 0.29) is 5.71 Å². The predicted molar refractivity (Wildman–Crippen MR) is 39.9 cm³/mol. The highest BCUT2D eigenvalue weighted by molar-refractivity contribution is 6.33. The molecule has 0 fully saturated rings. The lowest BCUT2D eigenvalue weighted by atomic mass is 10.1. The van der Waals surface area contributed by atoms with Gasteiger partial charge in [0.25, 0.3) is 0 Å². The van der Waals surface area contributed by atoms with Gasteiger partial charge in [-0.25, -0.2) is 0 Å². The summed E-state index contributed by atoms with van der Waals surface area (Å²) in [6.07, 6.45) is 1.52. The Morgan fingerprint density at radius 3 is 2.45 bits per heavy atom. The highest BCUT2D eigenvalue weighted by Gasteiger charge is 2.09. The number of rotatable bonds is 2. The van der Waals surface area contributed by atoms with E-state index >= 15 is 0 Å². The number of hydrogen-bond donors (Lipinski definition) is 0. The third-order valence-electron chi connectivity index (χ3n) is 1.24. The van der Waals surface area contributed by atoms with E-state index in [9.17, 15) is 4.79 Å². The molecular formula is C8H5N2O. The largest absolute Gasteiger partial charge is 0.373 e. The number of nitrogens with zero attached hydrogens (tertiary/aromatic N) is 2. The van der Waals surface area contributed by atoms with Gasteiger partial charge in [0, 0.05) is 0 Å². The number of hydrogen-bond acceptors (Lipinski definition) is 1. The van der Waals surface area contributed by atoms with Crippen molar-refractivity contribution in [1.29, 1.82) is 0 Å². The Kier molecular flexibility index (Phi) is 2.31. The Labute approximate surface area is 63.9 Å². The van der Waals surface area contributed by atoms with E-state index in [4.69, 9.17) is 5.53 Å². The van der Waals surface area contributed by atoms with Crippen LogP contribution in [0.1, 0.15) is 5.56 Å². The Bertz CT molecular complexity index is 299. The third-order valence-corrected chi connectivity index (χ3v) is 1.24. The van der Waals surface area contributed by atoms with Gasteiger partial charge in [-0.3, -0.25) is 4.79 Å². The minimum atomic E-state index is -0.0781. The molecule has 0 saturated carbocycles. The van der Waals surface area contributed by atoms with Crippen LogP contribution in [-0.4, -0.2) is 16.8 Å². The lowest BCUT2D eigenvalue weighted by molar-refractivity contribution is -0.000661. The summed E-state index contributed by atoms with van der Waals surface area (Å²) in [6.45, 7) is 0. The van der Waals surface area contributed by atoms with Crippen molar-refractivity contribution in [3.63, 3.8) is 0 Å². The standard InChI is InChI=1S/C8H5N2O/c9-10-8(6-11)7-4-2-1-3-5-7/h1-5H. The molecule has 53 valence electrons. The molecule has 0 bridgehead atoms. The molecule has 0 spiro atoms. The second kappa shape index (κ2) is 3.44. The lowest BCUT2D eigenvalue weighted by Gasteiger charge is -1.85. The predicted octanol–water partition coefficient (Wildman–Crippen LogP) is 0.815. The minimum absolute atomic E-state index is 0.0781. The molecule has 1 rings (SSSR count). The summed E-state index contributed by atoms with van der Waals surface area (Å²) in [5.41, 5.74) is 8.79. The van der Waals surface area contributed by atoms with Crippen molar-refractivity contribution in [3.8, 4) is 0 Å². The summed E-state index contributed by atoms with van der Waals surface area (Å²) < 4.78 is 0. The van der Waals surface area contributed by atoms with E-state index in [1.54, 1.807) is 24.3 Å². The van der Waals surface area contributed by atoms with Crippen LogP contribution in [0.4, 0.5) is 0 Å². The van der Waals surface area contributed by atoms with Crippen LogP contribution in [0.15, 0.2) is 30.3 Å². The summed E-state index contributed by atoms with van der Waals surface area (Å²) in [4.78, 5) is 12.9. The van der Waals surface area contributed by atoms with Gasteiger partial charge in [-0.05, 0) is 12.1 Å². The summed E-state index contributed by atoms with van der Waals surface area (Å²) in [6, 6.07) is 8.64. The molecule has 1 aromatic rings. The second-order valence-electron chi connectivity index (χ2n) is 1.92. The highest BCUT2D eigenvalue weighted by Crippen LogP contribution is 1.96. The van der Waals surface area contributed by atoms with Crippen molar-refractivity contribution >= 4 is 12.0 Å². The molecule has 1 radical (unpaired) electrons. The fourth-order valence-electron chi connectivity index (χ4n) is 0.733. The van der Waals surface area contributed by atoms with Crippen molar-refractivity contribution in [2.75, 3.05) is 0 Å². The van der Waals surface area contributed by atoms with Gasteiger partial charge in [0.2, 0.25) is 0 Å². The van der Waals surface area contributed by atoms with Gasteiger partial charge in [-0.2, -0.15) is 4.79 Å². The van der Waals surface area contributed by atoms with E-state index in [1.807, 2.05) is 6.07 Å². The first-order valence-electron chi connectivity index (χ1n) is 3.04. The molecule has 11 heavy (non-hydrogen) atoms. The Morgan fingerprint density at radius 1 is 1.36 bits per heavy atom. The SMILES string of the molecule is [N-]=[N+]=C([C]=O)c1ccccc1.